The Labute approximate surface area is 168 Å². The van der Waals surface area contributed by atoms with Gasteiger partial charge in [-0.05, 0) is 37.5 Å². The van der Waals surface area contributed by atoms with Crippen molar-refractivity contribution in [2.24, 2.45) is 7.05 Å². The zero-order valence-electron chi connectivity index (χ0n) is 16.5. The number of aromatic nitrogens is 6. The monoisotopic (exact) mass is 389 g/mol. The van der Waals surface area contributed by atoms with Gasteiger partial charge in [-0.15, -0.1) is 0 Å². The summed E-state index contributed by atoms with van der Waals surface area (Å²) >= 11 is 0. The molecule has 0 aromatic carbocycles. The van der Waals surface area contributed by atoms with E-state index in [4.69, 9.17) is 4.98 Å². The Morgan fingerprint density at radius 3 is 2.90 bits per heavy atom. The van der Waals surface area contributed by atoms with Crippen LogP contribution >= 0.6 is 0 Å². The molecule has 0 bridgehead atoms. The van der Waals surface area contributed by atoms with Gasteiger partial charge in [0.2, 0.25) is 0 Å². The minimum atomic E-state index is -0.298. The molecule has 1 aliphatic rings. The van der Waals surface area contributed by atoms with Gasteiger partial charge in [-0.2, -0.15) is 10.2 Å². The van der Waals surface area contributed by atoms with Crippen molar-refractivity contribution in [2.45, 2.75) is 25.9 Å². The molecule has 5 rings (SSSR count). The normalized spacial score (nSPS) is 17.2. The summed E-state index contributed by atoms with van der Waals surface area (Å²) in [6, 6.07) is 6.10. The summed E-state index contributed by atoms with van der Waals surface area (Å²) in [5.41, 5.74) is 5.37. The van der Waals surface area contributed by atoms with E-state index in [0.29, 0.717) is 6.54 Å². The van der Waals surface area contributed by atoms with Gasteiger partial charge in [-0.25, -0.2) is 4.98 Å². The van der Waals surface area contributed by atoms with Crippen LogP contribution in [0.2, 0.25) is 0 Å². The quantitative estimate of drug-likeness (QED) is 0.559. The van der Waals surface area contributed by atoms with Crippen LogP contribution in [-0.4, -0.2) is 54.2 Å². The fraction of sp³-hybridized carbons (Fsp3) is 0.333. The van der Waals surface area contributed by atoms with Crippen molar-refractivity contribution >= 4 is 16.7 Å². The van der Waals surface area contributed by atoms with E-state index in [1.807, 2.05) is 25.4 Å². The molecule has 1 saturated heterocycles. The topological polar surface area (TPSA) is 95.8 Å². The summed E-state index contributed by atoms with van der Waals surface area (Å²) in [6.45, 7) is 3.58. The highest BCUT2D eigenvalue weighted by molar-refractivity contribution is 5.93. The lowest BCUT2D eigenvalue weighted by molar-refractivity contribution is 0.154. The van der Waals surface area contributed by atoms with Crippen molar-refractivity contribution in [1.82, 2.24) is 29.9 Å². The molecule has 0 spiro atoms. The summed E-state index contributed by atoms with van der Waals surface area (Å²) in [5, 5.41) is 22.9. The Balaban J connectivity index is 1.57. The third-order valence-corrected chi connectivity index (χ3v) is 5.46. The minimum Gasteiger partial charge on any atom is -0.391 e. The molecule has 4 aromatic heterocycles. The predicted octanol–water partition coefficient (Wildman–Crippen LogP) is 2.69. The van der Waals surface area contributed by atoms with Gasteiger partial charge in [-0.3, -0.25) is 14.8 Å². The van der Waals surface area contributed by atoms with Crippen LogP contribution in [0.15, 0.2) is 36.8 Å². The van der Waals surface area contributed by atoms with Gasteiger partial charge in [0.25, 0.3) is 0 Å². The number of aliphatic hydroxyl groups excluding tert-OH is 1. The highest BCUT2D eigenvalue weighted by Crippen LogP contribution is 2.31. The first-order chi connectivity index (χ1) is 14.1. The van der Waals surface area contributed by atoms with Crippen molar-refractivity contribution in [2.75, 3.05) is 18.0 Å². The molecule has 1 fully saturated rings. The smallest absolute Gasteiger partial charge is 0.132 e. The summed E-state index contributed by atoms with van der Waals surface area (Å²) in [4.78, 5) is 11.6. The number of piperidine rings is 1. The Hall–Kier alpha value is -3.26. The van der Waals surface area contributed by atoms with E-state index in [0.717, 1.165) is 64.3 Å². The molecule has 2 N–H and O–H groups in total. The first-order valence-electron chi connectivity index (χ1n) is 9.82. The lowest BCUT2D eigenvalue weighted by Gasteiger charge is -2.32. The summed E-state index contributed by atoms with van der Waals surface area (Å²) in [7, 11) is 1.89. The molecule has 5 heterocycles. The van der Waals surface area contributed by atoms with Crippen LogP contribution in [0.5, 0.6) is 0 Å². The first-order valence-corrected chi connectivity index (χ1v) is 9.82. The Kier molecular flexibility index (Phi) is 4.28. The molecule has 1 atom stereocenters. The van der Waals surface area contributed by atoms with Crippen LogP contribution in [0.25, 0.3) is 33.5 Å². The van der Waals surface area contributed by atoms with Gasteiger partial charge in [0.1, 0.15) is 11.5 Å². The number of pyridine rings is 2. The van der Waals surface area contributed by atoms with Crippen LogP contribution in [0.3, 0.4) is 0 Å². The number of hydrogen-bond donors (Lipinski definition) is 2. The van der Waals surface area contributed by atoms with Crippen molar-refractivity contribution < 1.29 is 5.11 Å². The van der Waals surface area contributed by atoms with Crippen LogP contribution < -0.4 is 4.90 Å². The second-order valence-corrected chi connectivity index (χ2v) is 7.67. The molecule has 148 valence electrons. The van der Waals surface area contributed by atoms with Crippen LogP contribution in [-0.2, 0) is 7.05 Å². The van der Waals surface area contributed by atoms with E-state index in [-0.39, 0.29) is 6.10 Å². The van der Waals surface area contributed by atoms with Crippen LogP contribution in [0.1, 0.15) is 18.4 Å². The number of H-pyrrole nitrogens is 1. The van der Waals surface area contributed by atoms with Crippen LogP contribution in [0.4, 0.5) is 5.82 Å². The molecule has 4 aromatic rings. The summed E-state index contributed by atoms with van der Waals surface area (Å²) in [6.07, 6.45) is 7.06. The van der Waals surface area contributed by atoms with Gasteiger partial charge in [-0.1, -0.05) is 6.07 Å². The van der Waals surface area contributed by atoms with Gasteiger partial charge < -0.3 is 10.0 Å². The fourth-order valence-corrected chi connectivity index (χ4v) is 3.94. The SMILES string of the molecule is Cc1ccc(-c2n[nH]c3cnc(-c4cnn(C)c4)cc23)nc1N1CCCC(O)C1. The number of aromatic amines is 1. The standard InChI is InChI=1S/C21H23N7O/c1-13-5-6-17(24-21(13)28-7-3-4-15(29)12-28)20-16-8-18(14-9-23-27(2)11-14)22-10-19(16)25-26-20/h5-6,8-11,15,29H,3-4,7,12H2,1-2H3,(H,25,26). The second-order valence-electron chi connectivity index (χ2n) is 7.67. The zero-order valence-corrected chi connectivity index (χ0v) is 16.5. The number of β-amino-alcohol motifs (C(OH)–C–C–N with tert-alkyl or cyclic N) is 1. The Morgan fingerprint density at radius 1 is 1.21 bits per heavy atom. The molecular weight excluding hydrogens is 366 g/mol. The lowest BCUT2D eigenvalue weighted by Crippen LogP contribution is -2.39. The number of rotatable bonds is 3. The maximum Gasteiger partial charge on any atom is 0.132 e. The van der Waals surface area contributed by atoms with Gasteiger partial charge in [0.05, 0.1) is 35.4 Å². The number of aryl methyl sites for hydroxylation is 2. The number of aliphatic hydroxyl groups is 1. The van der Waals surface area contributed by atoms with Gasteiger partial charge >= 0.3 is 0 Å². The number of hydrogen-bond acceptors (Lipinski definition) is 6. The fourth-order valence-electron chi connectivity index (χ4n) is 3.94. The van der Waals surface area contributed by atoms with E-state index >= 15 is 0 Å². The molecule has 1 unspecified atom stereocenters. The predicted molar refractivity (Wildman–Crippen MR) is 112 cm³/mol. The maximum absolute atomic E-state index is 10.1. The second kappa shape index (κ2) is 6.97. The van der Waals surface area contributed by atoms with Gasteiger partial charge in [0, 0.05) is 37.3 Å². The molecule has 1 aliphatic heterocycles. The van der Waals surface area contributed by atoms with Crippen molar-refractivity contribution in [3.8, 4) is 22.6 Å². The molecular formula is C21H23N7O. The van der Waals surface area contributed by atoms with E-state index in [2.05, 4.69) is 38.2 Å². The third-order valence-electron chi connectivity index (χ3n) is 5.46. The van der Waals surface area contributed by atoms with Crippen molar-refractivity contribution in [3.05, 3.63) is 42.4 Å². The van der Waals surface area contributed by atoms with E-state index < -0.39 is 0 Å². The largest absolute Gasteiger partial charge is 0.391 e. The average Bonchev–Trinajstić information content (AvgIpc) is 3.34. The molecule has 29 heavy (non-hydrogen) atoms. The highest BCUT2D eigenvalue weighted by Gasteiger charge is 2.21. The van der Waals surface area contributed by atoms with E-state index in [1.165, 1.54) is 0 Å². The minimum absolute atomic E-state index is 0.298. The van der Waals surface area contributed by atoms with E-state index in [1.54, 1.807) is 17.1 Å². The number of anilines is 1. The Morgan fingerprint density at radius 2 is 2.10 bits per heavy atom. The zero-order chi connectivity index (χ0) is 20.0. The molecule has 8 nitrogen and oxygen atoms in total. The molecule has 0 amide bonds. The first kappa shape index (κ1) is 17.8. The number of nitrogens with zero attached hydrogens (tertiary/aromatic N) is 6. The number of nitrogens with one attached hydrogen (secondary N) is 1. The molecule has 8 heteroatoms. The van der Waals surface area contributed by atoms with Gasteiger partial charge in [0.15, 0.2) is 0 Å². The summed E-state index contributed by atoms with van der Waals surface area (Å²) < 4.78 is 1.76. The van der Waals surface area contributed by atoms with E-state index in [9.17, 15) is 5.11 Å². The molecule has 0 saturated carbocycles. The van der Waals surface area contributed by atoms with Crippen molar-refractivity contribution in [1.29, 1.82) is 0 Å². The number of fused-ring (bicyclic) bond motifs is 1. The third kappa shape index (κ3) is 3.25. The Bertz CT molecular complexity index is 1180. The molecule has 0 aliphatic carbocycles. The van der Waals surface area contributed by atoms with Crippen molar-refractivity contribution in [3.63, 3.8) is 0 Å². The van der Waals surface area contributed by atoms with Crippen LogP contribution in [0, 0.1) is 6.92 Å². The maximum atomic E-state index is 10.1. The lowest BCUT2D eigenvalue weighted by atomic mass is 10.1. The highest BCUT2D eigenvalue weighted by atomic mass is 16.3. The summed E-state index contributed by atoms with van der Waals surface area (Å²) in [5.74, 6) is 0.916. The average molecular weight is 389 g/mol. The molecule has 0 radical (unpaired) electrons.